The predicted molar refractivity (Wildman–Crippen MR) is 503 cm³/mol. The molecule has 4 aromatic carbocycles. The topological polar surface area (TPSA) is 526 Å². The second kappa shape index (κ2) is 40.8. The van der Waals surface area contributed by atoms with E-state index in [1.54, 1.807) is 84.8 Å². The van der Waals surface area contributed by atoms with E-state index in [0.29, 0.717) is 53.3 Å². The maximum Gasteiger partial charge on any atom is 0.411 e. The SMILES string of the molecule is CC(=O)O[C@@H]1C[C@H](C(=O)NCc2cnc3c(n2)c(Cl)cn3S(=O)(=O)c2ccc(C)cc2)N(C(C)=O)C1.CC(=O)O[C@@H]1C[C@H](c2ncc3cnc4c(c(Cl)cn4S(=O)(=O)c4ccc(C)cc4)n23)N(C(C)=O)C1.Cc1ccc(S(=O)(=O)n2cc(Cl)c3nc(CNC(=O)[C@H]4C[C@@H](O)CN4)cnc32)cc1.Cc1ccc(S(=O)(=O)n2cc(Cl)c3nc(CNC(=O)[C@H]4C[C@@H](O)CN4C(=O)OC(C)(C)C)cnc32)cc1. The van der Waals surface area contributed by atoms with E-state index in [1.807, 2.05) is 27.7 Å². The highest BCUT2D eigenvalue weighted by Crippen LogP contribution is 2.39. The zero-order chi connectivity index (χ0) is 99.9. The molecule has 4 saturated heterocycles. The number of aliphatic hydroxyl groups excluding tert-OH is 2. The van der Waals surface area contributed by atoms with Crippen molar-refractivity contribution in [3.63, 3.8) is 0 Å². The number of likely N-dealkylation sites (tertiary alicyclic amines) is 3. The van der Waals surface area contributed by atoms with E-state index in [9.17, 15) is 82.2 Å². The number of aliphatic hydroxyl groups is 2. The fourth-order valence-electron chi connectivity index (χ4n) is 15.8. The number of hydrogen-bond acceptors (Lipinski definition) is 30. The molecule has 8 atom stereocenters. The Labute approximate surface area is 810 Å². The highest BCUT2D eigenvalue weighted by Gasteiger charge is 2.44. The van der Waals surface area contributed by atoms with Crippen molar-refractivity contribution in [1.29, 1.82) is 0 Å². The van der Waals surface area contributed by atoms with E-state index in [1.165, 1.54) is 136 Å². The van der Waals surface area contributed by atoms with E-state index in [4.69, 9.17) is 60.6 Å². The van der Waals surface area contributed by atoms with Crippen LogP contribution in [-0.2, 0) is 107 Å². The van der Waals surface area contributed by atoms with Gasteiger partial charge in [0.2, 0.25) is 29.5 Å². The fraction of sp³-hybridized carbons (Fsp3) is 0.348. The molecule has 0 bridgehead atoms. The van der Waals surface area contributed by atoms with Gasteiger partial charge in [0.25, 0.3) is 40.1 Å². The first-order valence-corrected chi connectivity index (χ1v) is 50.0. The Morgan fingerprint density at radius 3 is 1.17 bits per heavy atom. The van der Waals surface area contributed by atoms with Crippen molar-refractivity contribution in [2.24, 2.45) is 0 Å². The number of nitrogens with zero attached hydrogens (tertiary/aromatic N) is 16. The maximum absolute atomic E-state index is 13.4. The zero-order valence-electron chi connectivity index (χ0n) is 75.8. The van der Waals surface area contributed by atoms with Gasteiger partial charge in [-0.2, -0.15) is 0 Å². The summed E-state index contributed by atoms with van der Waals surface area (Å²) in [5.74, 6) is -2.13. The monoisotopic (exact) mass is 2050 g/mol. The Bertz CT molecular complexity index is 7450. The quantitative estimate of drug-likeness (QED) is 0.0307. The number of carbonyl (C=O) groups excluding carboxylic acids is 8. The van der Waals surface area contributed by atoms with E-state index < -0.39 is 124 Å². The Morgan fingerprint density at radius 1 is 0.435 bits per heavy atom. The third-order valence-corrected chi connectivity index (χ3v) is 30.3. The molecule has 138 heavy (non-hydrogen) atoms. The second-order valence-corrected chi connectivity index (χ2v) is 43.0. The van der Waals surface area contributed by atoms with Crippen molar-refractivity contribution in [2.45, 2.75) is 195 Å². The number of rotatable bonds is 20. The number of hydrogen-bond donors (Lipinski definition) is 6. The fourth-order valence-corrected chi connectivity index (χ4v) is 22.3. The normalized spacial score (nSPS) is 18.4. The van der Waals surface area contributed by atoms with Gasteiger partial charge in [0.05, 0.1) is 157 Å². The molecule has 6 amide bonds. The van der Waals surface area contributed by atoms with E-state index in [-0.39, 0.29) is 149 Å². The van der Waals surface area contributed by atoms with Gasteiger partial charge in [-0.1, -0.05) is 117 Å². The van der Waals surface area contributed by atoms with Crippen LogP contribution in [0.1, 0.15) is 125 Å². The van der Waals surface area contributed by atoms with E-state index in [2.05, 4.69) is 61.1 Å². The molecule has 6 N–H and O–H groups in total. The predicted octanol–water partition coefficient (Wildman–Crippen LogP) is 8.49. The highest BCUT2D eigenvalue weighted by atomic mass is 35.5. The molecule has 728 valence electrons. The van der Waals surface area contributed by atoms with Crippen LogP contribution in [0.15, 0.2) is 172 Å². The molecule has 4 aliphatic rings. The minimum atomic E-state index is -3.98. The summed E-state index contributed by atoms with van der Waals surface area (Å²) in [4.78, 5) is 137. The van der Waals surface area contributed by atoms with Crippen molar-refractivity contribution in [3.05, 3.63) is 218 Å². The highest BCUT2D eigenvalue weighted by molar-refractivity contribution is 7.91. The smallest absolute Gasteiger partial charge is 0.411 e. The molecule has 0 aliphatic carbocycles. The number of esters is 2. The van der Waals surface area contributed by atoms with Crippen LogP contribution in [0.3, 0.4) is 0 Å². The van der Waals surface area contributed by atoms with Crippen molar-refractivity contribution in [1.82, 2.24) is 96.1 Å². The van der Waals surface area contributed by atoms with Crippen LogP contribution in [0, 0.1) is 27.7 Å². The number of ether oxygens (including phenoxy) is 3. The number of nitrogens with one attached hydrogen (secondary N) is 4. The summed E-state index contributed by atoms with van der Waals surface area (Å²) in [6, 6.07) is 23.1. The largest absolute Gasteiger partial charge is 0.461 e. The van der Waals surface area contributed by atoms with Gasteiger partial charge in [-0.3, -0.25) is 42.9 Å². The third-order valence-electron chi connectivity index (χ3n) is 22.5. The molecule has 4 fully saturated rings. The molecule has 0 spiro atoms. The lowest BCUT2D eigenvalue weighted by atomic mass is 10.2. The van der Waals surface area contributed by atoms with Crippen molar-refractivity contribution in [3.8, 4) is 0 Å². The molecule has 0 saturated carbocycles. The van der Waals surface area contributed by atoms with Gasteiger partial charge in [-0.05, 0) is 103 Å². The number of amides is 6. The average Bonchev–Trinajstić information content (AvgIpc) is 1.57. The van der Waals surface area contributed by atoms with E-state index >= 15 is 0 Å². The summed E-state index contributed by atoms with van der Waals surface area (Å²) in [5.41, 5.74) is 5.90. The Morgan fingerprint density at radius 2 is 0.790 bits per heavy atom. The van der Waals surface area contributed by atoms with Crippen LogP contribution in [0.2, 0.25) is 20.1 Å². The molecular formula is C89H94Cl4N20O21S4. The number of aromatic nitrogens is 13. The van der Waals surface area contributed by atoms with Gasteiger partial charge in [-0.15, -0.1) is 0 Å². The first kappa shape index (κ1) is 101. The molecule has 0 unspecified atom stereocenters. The molecule has 9 aromatic heterocycles. The Balaban J connectivity index is 0.000000147. The number of fused-ring (bicyclic) bond motifs is 6. The lowest BCUT2D eigenvalue weighted by Crippen LogP contribution is -2.47. The van der Waals surface area contributed by atoms with Gasteiger partial charge >= 0.3 is 18.0 Å². The number of aryl methyl sites for hydroxylation is 4. The van der Waals surface area contributed by atoms with Crippen LogP contribution in [-0.4, -0.2) is 241 Å². The Kier molecular flexibility index (Phi) is 29.9. The number of halogens is 4. The minimum Gasteiger partial charge on any atom is -0.461 e. The zero-order valence-corrected chi connectivity index (χ0v) is 82.1. The Hall–Kier alpha value is -12.7. The lowest BCUT2D eigenvalue weighted by molar-refractivity contribution is -0.147. The molecule has 17 rings (SSSR count). The van der Waals surface area contributed by atoms with Crippen LogP contribution in [0.4, 0.5) is 4.79 Å². The van der Waals surface area contributed by atoms with Crippen LogP contribution in [0.25, 0.3) is 50.2 Å². The molecular weight excluding hydrogens is 1960 g/mol. The first-order valence-electron chi connectivity index (χ1n) is 42.8. The maximum atomic E-state index is 13.4. The van der Waals surface area contributed by atoms with Crippen LogP contribution < -0.4 is 21.3 Å². The van der Waals surface area contributed by atoms with E-state index in [0.717, 1.165) is 38.1 Å². The summed E-state index contributed by atoms with van der Waals surface area (Å²) in [6.45, 7) is 18.7. The lowest BCUT2D eigenvalue weighted by Gasteiger charge is -2.27. The summed E-state index contributed by atoms with van der Waals surface area (Å²) in [5, 5.41) is 31.1. The summed E-state index contributed by atoms with van der Waals surface area (Å²) in [6.07, 6.45) is 10.1. The molecule has 49 heteroatoms. The van der Waals surface area contributed by atoms with Gasteiger partial charge in [0, 0.05) is 78.3 Å². The van der Waals surface area contributed by atoms with Gasteiger partial charge < -0.3 is 55.5 Å². The number of β-amino-alcohol motifs (C(OH)–C–C–N with tert-alkyl or cyclic N) is 2. The molecule has 13 heterocycles. The number of imidazole rings is 1. The average molecular weight is 2050 g/mol. The molecule has 41 nitrogen and oxygen atoms in total. The first-order chi connectivity index (χ1) is 65.1. The number of benzene rings is 4. The molecule has 13 aromatic rings. The minimum absolute atomic E-state index is 0.0165. The third kappa shape index (κ3) is 22.0. The van der Waals surface area contributed by atoms with Gasteiger partial charge in [-0.25, -0.2) is 94.2 Å². The molecule has 0 radical (unpaired) electrons. The van der Waals surface area contributed by atoms with Gasteiger partial charge in [0.15, 0.2) is 22.6 Å². The van der Waals surface area contributed by atoms with Gasteiger partial charge in [0.1, 0.15) is 57.8 Å². The van der Waals surface area contributed by atoms with Crippen LogP contribution >= 0.6 is 46.4 Å². The van der Waals surface area contributed by atoms with Crippen molar-refractivity contribution >= 4 is 184 Å². The summed E-state index contributed by atoms with van der Waals surface area (Å²) < 4.78 is 127. The molecule has 4 aliphatic heterocycles. The van der Waals surface area contributed by atoms with Crippen molar-refractivity contribution < 1.29 is 96.5 Å². The van der Waals surface area contributed by atoms with Crippen LogP contribution in [0.5, 0.6) is 0 Å². The second-order valence-electron chi connectivity index (χ2n) is 34.1. The number of carbonyl (C=O) groups is 8. The summed E-state index contributed by atoms with van der Waals surface area (Å²) >= 11 is 25.4. The standard InChI is InChI=1S/C24H28ClN5O6S.C23H24ClN5O6S.C23H22ClN5O5S.C19H20ClN5O4S/c1-14-5-7-17(8-6-14)37(34,35)30-13-18(25)20-21(30)26-10-15(28-20)11-27-22(32)19-9-16(31)12-29(19)23(33)36-24(2,3)4;1-13-4-6-18(7-5-13)36(33,34)29-12-19(24)21-22(29)25-9-16(27-21)10-26-23(32)20-8-17(35-15(3)31)11-28(20)14(2)30;1-13-4-6-18(7-5-13)35(32,33)28-12-19(24)21-23(28)26-10-16-9-25-22(29(16)21)20-8-17(34-15(3)31)11-27(20)14(2)30;1-11-2-4-14(5-3-11)30(28,29)25-10-15(20)17-18(25)22-7-12(24-17)8-23-19(27)16-6-13(26)9-21-16/h5-8,10,13,16,19,31H,9,11-12H2,1-4H3,(H,27,32);4-7,9,12,17,20H,8,10-11H2,1-3H3,(H,26,32);4-7,9-10,12,17,20H,8,11H2,1-3H3;2-5,7,10,13,16,21,26H,6,8-9H2,1H3,(H,23,27)/t16-,19-;2*17-,20-;13-,16-/m1111/s1. The van der Waals surface area contributed by atoms with Crippen molar-refractivity contribution in [2.75, 3.05) is 26.2 Å². The summed E-state index contributed by atoms with van der Waals surface area (Å²) in [7, 11) is -15.8.